The molecule has 8 nitrogen and oxygen atoms in total. The molecule has 1 fully saturated rings. The molecule has 1 saturated heterocycles. The van der Waals surface area contributed by atoms with Crippen LogP contribution in [0.25, 0.3) is 0 Å². The normalized spacial score (nSPS) is 14.4. The molecule has 3 N–H and O–H groups in total. The van der Waals surface area contributed by atoms with Crippen LogP contribution in [0, 0.1) is 30.6 Å². The van der Waals surface area contributed by atoms with Gasteiger partial charge in [-0.1, -0.05) is 26.0 Å². The number of hydrogen-bond acceptors (Lipinski definition) is 7. The fourth-order valence-corrected chi connectivity index (χ4v) is 3.82. The lowest BCUT2D eigenvalue weighted by Gasteiger charge is -2.32. The Morgan fingerprint density at radius 1 is 1.25 bits per heavy atom. The van der Waals surface area contributed by atoms with E-state index in [9.17, 15) is 4.39 Å². The number of alkyl halides is 1. The smallest absolute Gasteiger partial charge is 0.133 e. The second-order valence-electron chi connectivity index (χ2n) is 9.96. The van der Waals surface area contributed by atoms with Crippen molar-refractivity contribution in [2.75, 3.05) is 25.9 Å². The van der Waals surface area contributed by atoms with Gasteiger partial charge in [0.25, 0.3) is 0 Å². The largest absolute Gasteiger partial charge is 0.491 e. The maximum atomic E-state index is 13.2. The Kier molecular flexibility index (Phi) is 32.0. The summed E-state index contributed by atoms with van der Waals surface area (Å²) in [5.74, 6) is 4.13. The number of hydrogen-bond donors (Lipinski definition) is 2. The highest BCUT2D eigenvalue weighted by Crippen LogP contribution is 2.23. The summed E-state index contributed by atoms with van der Waals surface area (Å²) >= 11 is 0. The summed E-state index contributed by atoms with van der Waals surface area (Å²) in [7, 11) is 1.79. The number of halogens is 1. The van der Waals surface area contributed by atoms with Gasteiger partial charge in [-0.3, -0.25) is 20.2 Å². The van der Waals surface area contributed by atoms with Crippen LogP contribution < -0.4 is 5.73 Å². The average molecular weight is 662 g/mol. The van der Waals surface area contributed by atoms with Gasteiger partial charge < -0.3 is 10.5 Å². The number of terminal acetylenes is 2. The van der Waals surface area contributed by atoms with Crippen LogP contribution in [-0.2, 0) is 11.3 Å². The van der Waals surface area contributed by atoms with E-state index in [1.165, 1.54) is 25.0 Å². The van der Waals surface area contributed by atoms with Crippen LogP contribution >= 0.6 is 0 Å². The van der Waals surface area contributed by atoms with E-state index in [-0.39, 0.29) is 6.10 Å². The Bertz CT molecular complexity index is 1250. The monoisotopic (exact) mass is 661 g/mol. The van der Waals surface area contributed by atoms with Gasteiger partial charge in [-0.05, 0) is 103 Å². The minimum absolute atomic E-state index is 0.168. The number of nitrogens with two attached hydrogens (primary N) is 1. The molecule has 0 aromatic carbocycles. The molecule has 48 heavy (non-hydrogen) atoms. The molecule has 1 atom stereocenters. The highest BCUT2D eigenvalue weighted by molar-refractivity contribution is 5.78. The molecule has 1 aromatic rings. The topological polar surface area (TPSA) is 103 Å². The lowest BCUT2D eigenvalue weighted by Crippen LogP contribution is -2.36. The van der Waals surface area contributed by atoms with Gasteiger partial charge >= 0.3 is 0 Å². The Morgan fingerprint density at radius 3 is 2.27 bits per heavy atom. The average Bonchev–Trinajstić information content (AvgIpc) is 3.32. The van der Waals surface area contributed by atoms with E-state index in [1.54, 1.807) is 37.2 Å². The third-order valence-corrected chi connectivity index (χ3v) is 5.93. The molecule has 1 aliphatic carbocycles. The molecule has 3 rings (SSSR count). The first-order chi connectivity index (χ1) is 23.1. The molecule has 0 saturated carbocycles. The number of likely N-dealkylation sites (tertiary alicyclic amines) is 1. The number of aromatic nitrogens is 1. The second-order valence-corrected chi connectivity index (χ2v) is 9.96. The van der Waals surface area contributed by atoms with Crippen molar-refractivity contribution in [3.63, 3.8) is 0 Å². The summed E-state index contributed by atoms with van der Waals surface area (Å²) < 4.78 is 19.5. The number of nitrogen functional groups attached to an aromatic ring is 1. The van der Waals surface area contributed by atoms with Crippen molar-refractivity contribution in [2.45, 2.75) is 93.5 Å². The zero-order chi connectivity index (χ0) is 37.3. The maximum absolute atomic E-state index is 13.2. The van der Waals surface area contributed by atoms with E-state index in [2.05, 4.69) is 51.6 Å². The Labute approximate surface area is 291 Å². The number of nitrogens with one attached hydrogen (secondary N) is 1. The minimum atomic E-state index is -1.15. The van der Waals surface area contributed by atoms with E-state index >= 15 is 0 Å². The Balaban J connectivity index is -0.00000115. The first kappa shape index (κ1) is 47.7. The predicted octanol–water partition coefficient (Wildman–Crippen LogP) is 8.78. The van der Waals surface area contributed by atoms with Gasteiger partial charge in [0.1, 0.15) is 29.7 Å². The predicted molar refractivity (Wildman–Crippen MR) is 208 cm³/mol. The number of aliphatic imine (C=N–C) groups is 2. The van der Waals surface area contributed by atoms with Gasteiger partial charge in [0, 0.05) is 50.5 Å². The minimum Gasteiger partial charge on any atom is -0.491 e. The van der Waals surface area contributed by atoms with Crippen LogP contribution in [0.15, 0.2) is 88.6 Å². The van der Waals surface area contributed by atoms with Gasteiger partial charge in [0.15, 0.2) is 0 Å². The molecule has 0 radical (unpaired) electrons. The molecule has 9 heteroatoms. The van der Waals surface area contributed by atoms with Crippen molar-refractivity contribution in [1.29, 1.82) is 5.41 Å². The van der Waals surface area contributed by atoms with E-state index < -0.39 is 6.17 Å². The maximum Gasteiger partial charge on any atom is 0.133 e. The van der Waals surface area contributed by atoms with Crippen LogP contribution in [-0.4, -0.2) is 65.5 Å². The molecular weight excluding hydrogens is 601 g/mol. The molecule has 1 aliphatic heterocycles. The first-order valence-electron chi connectivity index (χ1n) is 16.1. The summed E-state index contributed by atoms with van der Waals surface area (Å²) in [5.41, 5.74) is 8.89. The number of anilines is 1. The van der Waals surface area contributed by atoms with Crippen molar-refractivity contribution < 1.29 is 9.13 Å². The SMILES string of the molecule is C#C.C#CC.C/C=C(\N=C/C(C)F)N(C=N)C1=CCC=C(OC2CCN(Cc3ccnc(N)c3)CC2)C=C1.C=CC.CC.CN=C(C)C. The number of allylic oxidation sites excluding steroid dienone is 6. The second kappa shape index (κ2) is 32.2. The van der Waals surface area contributed by atoms with Gasteiger partial charge in [-0.2, -0.15) is 0 Å². The molecule has 0 amide bonds. The Hall–Kier alpha value is -4.73. The molecule has 0 bridgehead atoms. The van der Waals surface area contributed by atoms with Crippen LogP contribution in [0.5, 0.6) is 0 Å². The van der Waals surface area contributed by atoms with Gasteiger partial charge in [0.2, 0.25) is 0 Å². The number of rotatable bonds is 9. The lowest BCUT2D eigenvalue weighted by molar-refractivity contribution is 0.0529. The summed E-state index contributed by atoms with van der Waals surface area (Å²) in [6.07, 6.45) is 29.7. The number of nitrogens with zero attached hydrogens (tertiary/aromatic N) is 5. The molecule has 264 valence electrons. The van der Waals surface area contributed by atoms with Gasteiger partial charge in [0.05, 0.1) is 6.34 Å². The third-order valence-electron chi connectivity index (χ3n) is 5.93. The van der Waals surface area contributed by atoms with Crippen LogP contribution in [0.3, 0.4) is 0 Å². The summed E-state index contributed by atoms with van der Waals surface area (Å²) in [6.45, 7) is 20.9. The standard InChI is InChI=1S/C25H33FN6O.C4H9N.C3H6.C3H4.C2H6.C2H2/c1-3-25(30-16-19(2)26)32(18-27)21-5-4-6-22(8-7-21)33-23-10-13-31(14-11-23)17-20-9-12-29-24(28)15-20;1-4(2)5-3;2*1-3-2;2*1-2/h3,5-9,12,15-16,18-19,23,27H,4,10-11,13-14,17H2,1-2H3,(H2,28,29);1-3H3;3H,1H2,2H3;1H,2H3;1-2H3;1-2H/b25-3+,27-18?,30-16-;;;;;. The van der Waals surface area contributed by atoms with E-state index in [4.69, 9.17) is 15.9 Å². The van der Waals surface area contributed by atoms with Crippen molar-refractivity contribution in [2.24, 2.45) is 9.98 Å². The van der Waals surface area contributed by atoms with Crippen molar-refractivity contribution in [1.82, 2.24) is 14.8 Å². The molecule has 0 spiro atoms. The number of pyridine rings is 1. The zero-order valence-corrected chi connectivity index (χ0v) is 30.8. The fraction of sp³-hybridized carbons (Fsp3) is 0.436. The number of piperidine rings is 1. The summed E-state index contributed by atoms with van der Waals surface area (Å²) in [6, 6.07) is 3.93. The van der Waals surface area contributed by atoms with Crippen molar-refractivity contribution in [3.05, 3.63) is 84.2 Å². The fourth-order valence-electron chi connectivity index (χ4n) is 3.82. The molecular formula is C39H60FN7O. The van der Waals surface area contributed by atoms with Crippen LogP contribution in [0.1, 0.15) is 80.2 Å². The van der Waals surface area contributed by atoms with Gasteiger partial charge in [-0.15, -0.1) is 31.8 Å². The Morgan fingerprint density at radius 2 is 1.81 bits per heavy atom. The molecule has 1 aromatic heterocycles. The van der Waals surface area contributed by atoms with Crippen molar-refractivity contribution >= 4 is 24.1 Å². The number of ether oxygens (including phenoxy) is 1. The lowest BCUT2D eigenvalue weighted by atomic mass is 10.1. The van der Waals surface area contributed by atoms with E-state index in [0.29, 0.717) is 18.1 Å². The van der Waals surface area contributed by atoms with E-state index in [1.807, 2.05) is 78.0 Å². The summed E-state index contributed by atoms with van der Waals surface area (Å²) in [4.78, 5) is 16.1. The molecule has 2 aliphatic rings. The van der Waals surface area contributed by atoms with E-state index in [0.717, 1.165) is 49.6 Å². The third kappa shape index (κ3) is 23.6. The summed E-state index contributed by atoms with van der Waals surface area (Å²) in [5, 5.41) is 7.81. The molecule has 1 unspecified atom stereocenters. The molecule has 2 heterocycles. The van der Waals surface area contributed by atoms with Crippen LogP contribution in [0.2, 0.25) is 0 Å². The van der Waals surface area contributed by atoms with Gasteiger partial charge in [-0.25, -0.2) is 14.4 Å². The van der Waals surface area contributed by atoms with Crippen LogP contribution in [0.4, 0.5) is 10.2 Å². The van der Waals surface area contributed by atoms with Crippen molar-refractivity contribution in [3.8, 4) is 25.2 Å². The highest BCUT2D eigenvalue weighted by Gasteiger charge is 2.21. The first-order valence-corrected chi connectivity index (χ1v) is 16.1. The quantitative estimate of drug-likeness (QED) is 0.119. The zero-order valence-electron chi connectivity index (χ0n) is 30.8. The highest BCUT2D eigenvalue weighted by atomic mass is 19.1.